The number of carbonyl (C=O) groups is 1. The van der Waals surface area contributed by atoms with E-state index in [9.17, 15) is 25.2 Å². The second kappa shape index (κ2) is 8.06. The Labute approximate surface area is 145 Å². The van der Waals surface area contributed by atoms with E-state index in [4.69, 9.17) is 14.6 Å². The number of aliphatic hydroxyl groups is 4. The maximum absolute atomic E-state index is 11.4. The molecule has 1 aromatic rings. The summed E-state index contributed by atoms with van der Waals surface area (Å²) in [5.41, 5.74) is 0.513. The van der Waals surface area contributed by atoms with Crippen molar-refractivity contribution in [2.45, 2.75) is 30.7 Å². The molecular weight excluding hydrogens is 388 g/mol. The molecule has 0 aliphatic carbocycles. The minimum absolute atomic E-state index is 0.513. The first-order chi connectivity index (χ1) is 11.3. The molecule has 0 saturated carbocycles. The van der Waals surface area contributed by atoms with E-state index in [0.29, 0.717) is 10.0 Å². The first-order valence-corrected chi connectivity index (χ1v) is 7.81. The number of halogens is 1. The number of hydrogen-bond donors (Lipinski definition) is 5. The summed E-state index contributed by atoms with van der Waals surface area (Å²) in [7, 11) is 0. The molecule has 1 fully saturated rings. The fraction of sp³-hybridized carbons (Fsp3) is 0.400. The Bertz CT molecular complexity index is 617. The van der Waals surface area contributed by atoms with Crippen molar-refractivity contribution in [2.24, 2.45) is 0 Å². The minimum atomic E-state index is -1.69. The maximum Gasteiger partial charge on any atom is 0.371 e. The fourth-order valence-electron chi connectivity index (χ4n) is 2.17. The molecule has 24 heavy (non-hydrogen) atoms. The Morgan fingerprint density at radius 2 is 1.88 bits per heavy atom. The number of benzene rings is 1. The molecule has 1 aromatic carbocycles. The van der Waals surface area contributed by atoms with Crippen molar-refractivity contribution in [3.05, 3.63) is 40.1 Å². The lowest BCUT2D eigenvalue weighted by atomic mass is 9.99. The molecule has 0 radical (unpaired) electrons. The van der Waals surface area contributed by atoms with Crippen molar-refractivity contribution in [3.8, 4) is 0 Å². The molecule has 0 bridgehead atoms. The molecule has 8 nitrogen and oxygen atoms in total. The van der Waals surface area contributed by atoms with Gasteiger partial charge in [0.05, 0.1) is 6.61 Å². The standard InChI is InChI=1S/C15H17BrO8/c16-8-4-2-1-3-7(8)5-9(14(21)22)23-15-13(20)12(19)11(18)10(6-17)24-15/h1-5,10-13,15,17-20H,6H2,(H,21,22)/b9-5+/t10-,11+,12-,13+,15-/m0/s1. The van der Waals surface area contributed by atoms with Crippen LogP contribution in [0.25, 0.3) is 6.08 Å². The molecule has 5 N–H and O–H groups in total. The summed E-state index contributed by atoms with van der Waals surface area (Å²) in [5.74, 6) is -1.95. The van der Waals surface area contributed by atoms with E-state index in [0.717, 1.165) is 0 Å². The normalized spacial score (nSPS) is 30.9. The van der Waals surface area contributed by atoms with Crippen LogP contribution in [0.3, 0.4) is 0 Å². The summed E-state index contributed by atoms with van der Waals surface area (Å²) in [4.78, 5) is 11.4. The van der Waals surface area contributed by atoms with Crippen molar-refractivity contribution >= 4 is 28.0 Å². The van der Waals surface area contributed by atoms with Crippen LogP contribution in [-0.4, -0.2) is 68.8 Å². The van der Waals surface area contributed by atoms with Gasteiger partial charge in [-0.2, -0.15) is 0 Å². The molecule has 0 spiro atoms. The number of ether oxygens (including phenoxy) is 2. The van der Waals surface area contributed by atoms with Crippen LogP contribution in [0.4, 0.5) is 0 Å². The highest BCUT2D eigenvalue weighted by Gasteiger charge is 2.45. The molecule has 1 aliphatic heterocycles. The van der Waals surface area contributed by atoms with Crippen LogP contribution >= 0.6 is 15.9 Å². The van der Waals surface area contributed by atoms with Gasteiger partial charge >= 0.3 is 5.97 Å². The highest BCUT2D eigenvalue weighted by atomic mass is 79.9. The van der Waals surface area contributed by atoms with Gasteiger partial charge in [-0.3, -0.25) is 0 Å². The number of carboxylic acid groups (broad SMARTS) is 1. The highest BCUT2D eigenvalue weighted by Crippen LogP contribution is 2.25. The van der Waals surface area contributed by atoms with Gasteiger partial charge in [0.2, 0.25) is 12.0 Å². The van der Waals surface area contributed by atoms with E-state index in [-0.39, 0.29) is 0 Å². The molecule has 0 amide bonds. The van der Waals surface area contributed by atoms with Gasteiger partial charge < -0.3 is 35.0 Å². The van der Waals surface area contributed by atoms with E-state index >= 15 is 0 Å². The summed E-state index contributed by atoms with van der Waals surface area (Å²) < 4.78 is 10.9. The van der Waals surface area contributed by atoms with Gasteiger partial charge in [0.1, 0.15) is 24.4 Å². The molecule has 1 saturated heterocycles. The van der Waals surface area contributed by atoms with E-state index < -0.39 is 49.0 Å². The summed E-state index contributed by atoms with van der Waals surface area (Å²) in [6.07, 6.45) is -6.43. The van der Waals surface area contributed by atoms with Gasteiger partial charge in [-0.05, 0) is 17.7 Å². The second-order valence-corrected chi connectivity index (χ2v) is 6.00. The van der Waals surface area contributed by atoms with E-state index in [1.165, 1.54) is 6.08 Å². The summed E-state index contributed by atoms with van der Waals surface area (Å²) in [6, 6.07) is 6.80. The summed E-state index contributed by atoms with van der Waals surface area (Å²) in [5, 5.41) is 47.7. The first-order valence-electron chi connectivity index (χ1n) is 7.02. The Kier molecular flexibility index (Phi) is 6.33. The van der Waals surface area contributed by atoms with Crippen molar-refractivity contribution in [1.82, 2.24) is 0 Å². The van der Waals surface area contributed by atoms with Crippen LogP contribution in [0.5, 0.6) is 0 Å². The van der Waals surface area contributed by atoms with E-state index in [1.807, 2.05) is 0 Å². The topological polar surface area (TPSA) is 137 Å². The van der Waals surface area contributed by atoms with Gasteiger partial charge in [-0.25, -0.2) is 4.79 Å². The molecule has 1 heterocycles. The number of rotatable bonds is 5. The Hall–Kier alpha value is -1.49. The molecule has 2 rings (SSSR count). The van der Waals surface area contributed by atoms with Crippen LogP contribution in [-0.2, 0) is 14.3 Å². The first kappa shape index (κ1) is 18.8. The molecule has 132 valence electrons. The van der Waals surface area contributed by atoms with Crippen LogP contribution in [0.1, 0.15) is 5.56 Å². The fourth-order valence-corrected chi connectivity index (χ4v) is 2.57. The Morgan fingerprint density at radius 3 is 2.46 bits per heavy atom. The quantitative estimate of drug-likeness (QED) is 0.333. The molecule has 0 unspecified atom stereocenters. The van der Waals surface area contributed by atoms with Crippen molar-refractivity contribution in [1.29, 1.82) is 0 Å². The monoisotopic (exact) mass is 404 g/mol. The Balaban J connectivity index is 2.24. The largest absolute Gasteiger partial charge is 0.475 e. The number of aliphatic hydroxyl groups excluding tert-OH is 4. The van der Waals surface area contributed by atoms with Gasteiger partial charge in [0.25, 0.3) is 0 Å². The Morgan fingerprint density at radius 1 is 1.21 bits per heavy atom. The smallest absolute Gasteiger partial charge is 0.371 e. The van der Waals surface area contributed by atoms with E-state index in [2.05, 4.69) is 15.9 Å². The average Bonchev–Trinajstić information content (AvgIpc) is 2.56. The SMILES string of the molecule is O=C(O)/C(=C\c1ccccc1Br)O[C@H]1O[C@@H](CO)[C@@H](O)[C@H](O)[C@H]1O. The predicted molar refractivity (Wildman–Crippen MR) is 84.6 cm³/mol. The lowest BCUT2D eigenvalue weighted by Gasteiger charge is -2.39. The highest BCUT2D eigenvalue weighted by molar-refractivity contribution is 9.10. The van der Waals surface area contributed by atoms with Crippen molar-refractivity contribution in [3.63, 3.8) is 0 Å². The maximum atomic E-state index is 11.4. The van der Waals surface area contributed by atoms with Crippen LogP contribution in [0, 0.1) is 0 Å². The predicted octanol–water partition coefficient (Wildman–Crippen LogP) is -0.309. The minimum Gasteiger partial charge on any atom is -0.475 e. The third-order valence-corrected chi connectivity index (χ3v) is 4.22. The summed E-state index contributed by atoms with van der Waals surface area (Å²) in [6.45, 7) is -0.638. The van der Waals surface area contributed by atoms with Gasteiger partial charge in [-0.15, -0.1) is 0 Å². The zero-order valence-corrected chi connectivity index (χ0v) is 13.9. The van der Waals surface area contributed by atoms with Gasteiger partial charge in [0, 0.05) is 4.47 Å². The molecule has 1 aliphatic rings. The second-order valence-electron chi connectivity index (χ2n) is 5.15. The van der Waals surface area contributed by atoms with Crippen LogP contribution < -0.4 is 0 Å². The van der Waals surface area contributed by atoms with Crippen LogP contribution in [0.15, 0.2) is 34.5 Å². The summed E-state index contributed by atoms with van der Waals surface area (Å²) >= 11 is 3.27. The number of carboxylic acids is 1. The average molecular weight is 405 g/mol. The van der Waals surface area contributed by atoms with Crippen LogP contribution in [0.2, 0.25) is 0 Å². The van der Waals surface area contributed by atoms with Crippen molar-refractivity contribution in [2.75, 3.05) is 6.61 Å². The molecule has 9 heteroatoms. The number of hydrogen-bond acceptors (Lipinski definition) is 7. The molecule has 5 atom stereocenters. The lowest BCUT2D eigenvalue weighted by molar-refractivity contribution is -0.291. The van der Waals surface area contributed by atoms with E-state index in [1.54, 1.807) is 24.3 Å². The van der Waals surface area contributed by atoms with Gasteiger partial charge in [0.15, 0.2) is 0 Å². The molecule has 0 aromatic heterocycles. The third-order valence-electron chi connectivity index (χ3n) is 3.49. The number of aliphatic carboxylic acids is 1. The zero-order valence-electron chi connectivity index (χ0n) is 12.3. The van der Waals surface area contributed by atoms with Crippen molar-refractivity contribution < 1.29 is 39.8 Å². The molecular formula is C15H17BrO8. The lowest BCUT2D eigenvalue weighted by Crippen LogP contribution is -2.59. The zero-order chi connectivity index (χ0) is 17.9. The van der Waals surface area contributed by atoms with Gasteiger partial charge in [-0.1, -0.05) is 34.1 Å². The third kappa shape index (κ3) is 4.12.